The van der Waals surface area contributed by atoms with Crippen LogP contribution in [-0.2, 0) is 18.6 Å². The van der Waals surface area contributed by atoms with E-state index in [4.69, 9.17) is 4.52 Å². The maximum absolute atomic E-state index is 15.0. The first-order chi connectivity index (χ1) is 18.7. The van der Waals surface area contributed by atoms with E-state index in [0.717, 1.165) is 10.4 Å². The lowest BCUT2D eigenvalue weighted by Crippen LogP contribution is -2.53. The number of nitrogens with zero attached hydrogens (tertiary/aromatic N) is 6. The molecule has 4 aromatic rings. The maximum atomic E-state index is 15.0. The second-order valence-electron chi connectivity index (χ2n) is 11.2. The number of thiol groups is 1. The molecule has 0 aliphatic carbocycles. The summed E-state index contributed by atoms with van der Waals surface area (Å²) in [4.78, 5) is 5.08. The molecule has 2 atom stereocenters. The van der Waals surface area contributed by atoms with Gasteiger partial charge in [0, 0.05) is 30.2 Å². The van der Waals surface area contributed by atoms with Gasteiger partial charge in [0.2, 0.25) is 11.7 Å². The van der Waals surface area contributed by atoms with E-state index < -0.39 is 23.8 Å². The lowest BCUT2D eigenvalue weighted by Gasteiger charge is -2.41. The molecule has 0 amide bonds. The summed E-state index contributed by atoms with van der Waals surface area (Å²) < 4.78 is 64.4. The smallest absolute Gasteiger partial charge is 0.368 e. The van der Waals surface area contributed by atoms with Gasteiger partial charge in [0.15, 0.2) is 0 Å². The summed E-state index contributed by atoms with van der Waals surface area (Å²) in [5.41, 5.74) is 0.640. The van der Waals surface area contributed by atoms with Gasteiger partial charge in [-0.15, -0.1) is 12.6 Å². The van der Waals surface area contributed by atoms with Crippen LogP contribution in [0, 0.1) is 0 Å². The average molecular weight is 581 g/mol. The molecule has 0 bridgehead atoms. The van der Waals surface area contributed by atoms with Crippen molar-refractivity contribution in [3.63, 3.8) is 0 Å². The Morgan fingerprint density at radius 1 is 1.20 bits per heavy atom. The summed E-state index contributed by atoms with van der Waals surface area (Å²) in [7, 11) is 1.83. The zero-order valence-corrected chi connectivity index (χ0v) is 23.5. The maximum Gasteiger partial charge on any atom is 0.406 e. The van der Waals surface area contributed by atoms with E-state index >= 15 is 4.39 Å². The van der Waals surface area contributed by atoms with E-state index in [9.17, 15) is 13.2 Å². The second-order valence-corrected chi connectivity index (χ2v) is 12.0. The molecule has 1 aromatic carbocycles. The summed E-state index contributed by atoms with van der Waals surface area (Å²) in [5.74, 6) is 0.936. The summed E-state index contributed by atoms with van der Waals surface area (Å²) in [5, 5.41) is 15.1. The van der Waals surface area contributed by atoms with Crippen molar-refractivity contribution in [3.05, 3.63) is 42.4 Å². The lowest BCUT2D eigenvalue weighted by molar-refractivity contribution is -0.139. The van der Waals surface area contributed by atoms with Gasteiger partial charge < -0.3 is 24.6 Å². The number of likely N-dealkylation sites (tertiary alicyclic amines) is 1. The minimum absolute atomic E-state index is 0.00998. The molecule has 1 aliphatic heterocycles. The number of benzene rings is 1. The Hall–Kier alpha value is -3.26. The van der Waals surface area contributed by atoms with Crippen molar-refractivity contribution < 1.29 is 22.1 Å². The van der Waals surface area contributed by atoms with Crippen LogP contribution in [0.4, 0.5) is 29.1 Å². The molecule has 216 valence electrons. The number of hydrogen-bond acceptors (Lipinski definition) is 8. The van der Waals surface area contributed by atoms with Crippen LogP contribution in [0.25, 0.3) is 22.4 Å². The van der Waals surface area contributed by atoms with Gasteiger partial charge in [-0.25, -0.2) is 9.07 Å². The van der Waals surface area contributed by atoms with Crippen LogP contribution >= 0.6 is 12.6 Å². The van der Waals surface area contributed by atoms with Crippen LogP contribution < -0.4 is 10.6 Å². The molecular weight excluding hydrogens is 548 g/mol. The van der Waals surface area contributed by atoms with Crippen molar-refractivity contribution in [2.75, 3.05) is 30.8 Å². The van der Waals surface area contributed by atoms with Gasteiger partial charge >= 0.3 is 6.18 Å². The molecule has 14 heteroatoms. The molecular formula is C26H32F4N8OS. The van der Waals surface area contributed by atoms with Gasteiger partial charge in [0.05, 0.1) is 29.5 Å². The molecule has 0 spiro atoms. The van der Waals surface area contributed by atoms with Crippen LogP contribution in [0.15, 0.2) is 41.1 Å². The third kappa shape index (κ3) is 5.78. The van der Waals surface area contributed by atoms with E-state index in [1.54, 1.807) is 41.2 Å². The number of anilines is 2. The molecule has 9 nitrogen and oxygen atoms in total. The zero-order chi connectivity index (χ0) is 28.9. The second kappa shape index (κ2) is 10.3. The highest BCUT2D eigenvalue weighted by Crippen LogP contribution is 2.38. The van der Waals surface area contributed by atoms with E-state index in [1.807, 2.05) is 32.7 Å². The first kappa shape index (κ1) is 28.3. The number of hydrogen-bond donors (Lipinski definition) is 3. The Bertz CT molecular complexity index is 1490. The highest BCUT2D eigenvalue weighted by Gasteiger charge is 2.40. The minimum Gasteiger partial charge on any atom is -0.368 e. The number of piperidine rings is 1. The Kier molecular flexibility index (Phi) is 7.27. The molecule has 4 heterocycles. The Morgan fingerprint density at radius 2 is 1.98 bits per heavy atom. The normalized spacial score (nSPS) is 20.8. The molecule has 5 rings (SSSR count). The van der Waals surface area contributed by atoms with E-state index in [0.29, 0.717) is 29.6 Å². The van der Waals surface area contributed by atoms with Crippen molar-refractivity contribution in [2.24, 2.45) is 0 Å². The van der Waals surface area contributed by atoms with Crippen LogP contribution in [0.3, 0.4) is 0 Å². The quantitative estimate of drug-likeness (QED) is 0.151. The van der Waals surface area contributed by atoms with Gasteiger partial charge in [-0.1, -0.05) is 11.2 Å². The van der Waals surface area contributed by atoms with Crippen molar-refractivity contribution in [2.45, 2.75) is 63.0 Å². The predicted molar refractivity (Wildman–Crippen MR) is 148 cm³/mol. The molecule has 40 heavy (non-hydrogen) atoms. The van der Waals surface area contributed by atoms with Gasteiger partial charge in [-0.3, -0.25) is 0 Å². The topological polar surface area (TPSA) is 89.0 Å². The molecule has 0 saturated carbocycles. The third-order valence-electron chi connectivity index (χ3n) is 6.90. The first-order valence-electron chi connectivity index (χ1n) is 12.9. The standard InChI is InChI=1S/C26H32F4N8OS/c1-24(2,3)38-21(8-10-32-38)31-13-22-33-23(35-39-22)19-12-16-17(34-25(40)9-11-36(4)14-20(25)27)6-5-7-18(16)37(19)15-26(28,29)30/h5-8,10,12,20,31,34,40H,9,11,13-15H2,1-4H3/t20-,25+/m0/s1. The highest BCUT2D eigenvalue weighted by molar-refractivity contribution is 7.82. The zero-order valence-electron chi connectivity index (χ0n) is 22.6. The summed E-state index contributed by atoms with van der Waals surface area (Å²) in [6, 6.07) is 8.29. The fraction of sp³-hybridized carbons (Fsp3) is 0.500. The van der Waals surface area contributed by atoms with Crippen LogP contribution in [-0.4, -0.2) is 66.7 Å². The molecule has 3 aromatic heterocycles. The fourth-order valence-corrected chi connectivity index (χ4v) is 5.21. The van der Waals surface area contributed by atoms with Crippen molar-refractivity contribution >= 4 is 35.0 Å². The van der Waals surface area contributed by atoms with Gasteiger partial charge in [0.1, 0.15) is 23.4 Å². The number of rotatable bonds is 7. The van der Waals surface area contributed by atoms with Gasteiger partial charge in [-0.05, 0) is 52.4 Å². The van der Waals surface area contributed by atoms with Crippen LogP contribution in [0.2, 0.25) is 0 Å². The fourth-order valence-electron chi connectivity index (χ4n) is 4.90. The van der Waals surface area contributed by atoms with E-state index in [-0.39, 0.29) is 36.0 Å². The van der Waals surface area contributed by atoms with Crippen LogP contribution in [0.1, 0.15) is 33.1 Å². The van der Waals surface area contributed by atoms with E-state index in [2.05, 4.69) is 38.5 Å². The molecule has 1 saturated heterocycles. The van der Waals surface area contributed by atoms with E-state index in [1.165, 1.54) is 0 Å². The number of halogens is 4. The Balaban J connectivity index is 1.47. The predicted octanol–water partition coefficient (Wildman–Crippen LogP) is 5.53. The summed E-state index contributed by atoms with van der Waals surface area (Å²) >= 11 is 4.62. The number of alkyl halides is 4. The summed E-state index contributed by atoms with van der Waals surface area (Å²) in [6.07, 6.45) is -3.72. The van der Waals surface area contributed by atoms with Crippen LogP contribution in [0.5, 0.6) is 0 Å². The van der Waals surface area contributed by atoms with Crippen molar-refractivity contribution in [3.8, 4) is 11.5 Å². The van der Waals surface area contributed by atoms with Crippen molar-refractivity contribution in [1.29, 1.82) is 0 Å². The molecule has 2 N–H and O–H groups in total. The third-order valence-corrected chi connectivity index (χ3v) is 7.51. The number of nitrogens with one attached hydrogen (secondary N) is 2. The highest BCUT2D eigenvalue weighted by atomic mass is 32.1. The monoisotopic (exact) mass is 580 g/mol. The molecule has 1 aliphatic rings. The van der Waals surface area contributed by atoms with Gasteiger partial charge in [-0.2, -0.15) is 23.3 Å². The largest absolute Gasteiger partial charge is 0.406 e. The lowest BCUT2D eigenvalue weighted by atomic mass is 10.0. The molecule has 0 unspecified atom stereocenters. The number of fused-ring (bicyclic) bond motifs is 1. The SMILES string of the molecule is CN1CC[C@](S)(Nc2cccc3c2cc(-c2noc(CNc4ccnn4C(C)(C)C)n2)n3CC(F)(F)F)[C@@H](F)C1. The number of aromatic nitrogens is 5. The summed E-state index contributed by atoms with van der Waals surface area (Å²) in [6.45, 7) is 5.74. The molecule has 1 fully saturated rings. The Morgan fingerprint density at radius 3 is 2.67 bits per heavy atom. The van der Waals surface area contributed by atoms with Crippen molar-refractivity contribution in [1.82, 2.24) is 29.4 Å². The Labute approximate surface area is 234 Å². The minimum atomic E-state index is -4.51. The first-order valence-corrected chi connectivity index (χ1v) is 13.3. The molecule has 0 radical (unpaired) electrons. The van der Waals surface area contributed by atoms with Gasteiger partial charge in [0.25, 0.3) is 0 Å². The average Bonchev–Trinajstić information content (AvgIpc) is 3.59.